The van der Waals surface area contributed by atoms with Crippen molar-refractivity contribution in [3.05, 3.63) is 90.1 Å². The van der Waals surface area contributed by atoms with Crippen LogP contribution in [0.2, 0.25) is 0 Å². The zero-order valence-electron chi connectivity index (χ0n) is 20.4. The van der Waals surface area contributed by atoms with Crippen molar-refractivity contribution in [2.45, 2.75) is 18.9 Å². The number of aromatic amines is 1. The van der Waals surface area contributed by atoms with Crippen LogP contribution in [0, 0.1) is 0 Å². The van der Waals surface area contributed by atoms with Crippen molar-refractivity contribution in [3.63, 3.8) is 0 Å². The Morgan fingerprint density at radius 1 is 0.973 bits per heavy atom. The van der Waals surface area contributed by atoms with E-state index in [0.29, 0.717) is 27.9 Å². The van der Waals surface area contributed by atoms with E-state index in [1.807, 2.05) is 42.4 Å². The normalized spacial score (nSPS) is 14.2. The van der Waals surface area contributed by atoms with Gasteiger partial charge in [-0.3, -0.25) is 19.6 Å². The van der Waals surface area contributed by atoms with Crippen molar-refractivity contribution in [2.75, 3.05) is 20.1 Å². The number of nitrogens with one attached hydrogen (secondary N) is 2. The fraction of sp³-hybridized carbons (Fsp3) is 0.207. The standard InChI is InChI=1S/C29H26N6O2/c1-35(21-9-11-30-12-10-21)29(37)19-6-7-24-26(15-19)34-28(33-24)27(36)18-8-13-32-25(14-18)23-17-31-16-20-4-2-3-5-22(20)23/h2-8,13-17,21,30H,9-12H2,1H3,(H,33,34). The predicted octanol–water partition coefficient (Wildman–Crippen LogP) is 4.23. The molecule has 1 aliphatic heterocycles. The molecule has 0 atom stereocenters. The van der Waals surface area contributed by atoms with E-state index in [4.69, 9.17) is 0 Å². The van der Waals surface area contributed by atoms with E-state index in [9.17, 15) is 9.59 Å². The van der Waals surface area contributed by atoms with Gasteiger partial charge in [0.15, 0.2) is 5.82 Å². The SMILES string of the molecule is CN(C(=O)c1ccc2nc(C(=O)c3ccnc(-c4cncc5ccccc45)c3)[nH]c2c1)C1CCNCC1. The molecule has 8 nitrogen and oxygen atoms in total. The lowest BCUT2D eigenvalue weighted by Crippen LogP contribution is -2.43. The summed E-state index contributed by atoms with van der Waals surface area (Å²) < 4.78 is 0. The van der Waals surface area contributed by atoms with Gasteiger partial charge in [0.1, 0.15) is 0 Å². The number of carbonyl (C=O) groups excluding carboxylic acids is 2. The first-order valence-corrected chi connectivity index (χ1v) is 12.4. The lowest BCUT2D eigenvalue weighted by Gasteiger charge is -2.31. The van der Waals surface area contributed by atoms with Crippen LogP contribution in [0.4, 0.5) is 0 Å². The molecule has 3 aromatic heterocycles. The Kier molecular flexibility index (Phi) is 5.94. The summed E-state index contributed by atoms with van der Waals surface area (Å²) in [6, 6.07) is 17.0. The third kappa shape index (κ3) is 4.36. The molecule has 0 saturated carbocycles. The highest BCUT2D eigenvalue weighted by molar-refractivity contribution is 6.09. The summed E-state index contributed by atoms with van der Waals surface area (Å²) in [5, 5.41) is 5.35. The van der Waals surface area contributed by atoms with Crippen molar-refractivity contribution < 1.29 is 9.59 Å². The number of ketones is 1. The summed E-state index contributed by atoms with van der Waals surface area (Å²) in [5.41, 5.74) is 3.86. The minimum Gasteiger partial charge on any atom is -0.339 e. The molecule has 0 unspecified atom stereocenters. The van der Waals surface area contributed by atoms with Crippen molar-refractivity contribution in [3.8, 4) is 11.3 Å². The molecular weight excluding hydrogens is 464 g/mol. The summed E-state index contributed by atoms with van der Waals surface area (Å²) in [6.45, 7) is 1.84. The Labute approximate surface area is 213 Å². The largest absolute Gasteiger partial charge is 0.339 e. The number of amides is 1. The first kappa shape index (κ1) is 23.0. The molecule has 4 heterocycles. The van der Waals surface area contributed by atoms with Crippen LogP contribution >= 0.6 is 0 Å². The Balaban J connectivity index is 1.28. The first-order chi connectivity index (χ1) is 18.1. The van der Waals surface area contributed by atoms with Gasteiger partial charge < -0.3 is 15.2 Å². The van der Waals surface area contributed by atoms with Gasteiger partial charge in [0.2, 0.25) is 5.78 Å². The van der Waals surface area contributed by atoms with Crippen molar-refractivity contribution in [2.24, 2.45) is 0 Å². The molecule has 5 aromatic rings. The van der Waals surface area contributed by atoms with Crippen LogP contribution in [0.25, 0.3) is 33.1 Å². The lowest BCUT2D eigenvalue weighted by atomic mass is 10.0. The minimum absolute atomic E-state index is 0.0289. The molecule has 1 fully saturated rings. The van der Waals surface area contributed by atoms with Gasteiger partial charge in [0.25, 0.3) is 5.91 Å². The Hall–Kier alpha value is -4.43. The monoisotopic (exact) mass is 490 g/mol. The maximum Gasteiger partial charge on any atom is 0.253 e. The molecular formula is C29H26N6O2. The fourth-order valence-electron chi connectivity index (χ4n) is 4.99. The molecule has 37 heavy (non-hydrogen) atoms. The Morgan fingerprint density at radius 2 is 1.81 bits per heavy atom. The Bertz CT molecular complexity index is 1630. The molecule has 2 aromatic carbocycles. The van der Waals surface area contributed by atoms with Crippen molar-refractivity contribution in [1.29, 1.82) is 0 Å². The van der Waals surface area contributed by atoms with Gasteiger partial charge in [-0.05, 0) is 61.6 Å². The fourth-order valence-corrected chi connectivity index (χ4v) is 4.99. The Morgan fingerprint density at radius 3 is 2.68 bits per heavy atom. The van der Waals surface area contributed by atoms with Gasteiger partial charge in [-0.15, -0.1) is 0 Å². The first-order valence-electron chi connectivity index (χ1n) is 12.4. The van der Waals surface area contributed by atoms with Gasteiger partial charge >= 0.3 is 0 Å². The molecule has 8 heteroatoms. The van der Waals surface area contributed by atoms with E-state index in [-0.39, 0.29) is 23.6 Å². The van der Waals surface area contributed by atoms with Crippen molar-refractivity contribution >= 4 is 33.5 Å². The smallest absolute Gasteiger partial charge is 0.253 e. The summed E-state index contributed by atoms with van der Waals surface area (Å²) in [6.07, 6.45) is 7.08. The molecule has 6 rings (SSSR count). The molecule has 0 aliphatic carbocycles. The van der Waals surface area contributed by atoms with E-state index in [0.717, 1.165) is 42.3 Å². The molecule has 2 N–H and O–H groups in total. The lowest BCUT2D eigenvalue weighted by molar-refractivity contribution is 0.0703. The second-order valence-electron chi connectivity index (χ2n) is 9.38. The summed E-state index contributed by atoms with van der Waals surface area (Å²) in [5.74, 6) is -0.0500. The number of nitrogens with zero attached hydrogens (tertiary/aromatic N) is 4. The number of H-pyrrole nitrogens is 1. The second-order valence-corrected chi connectivity index (χ2v) is 9.38. The summed E-state index contributed by atoms with van der Waals surface area (Å²) >= 11 is 0. The van der Waals surface area contributed by atoms with E-state index >= 15 is 0 Å². The quantitative estimate of drug-likeness (QED) is 0.358. The number of pyridine rings is 2. The zero-order chi connectivity index (χ0) is 25.4. The van der Waals surface area contributed by atoms with Crippen molar-refractivity contribution in [1.82, 2.24) is 30.2 Å². The number of benzene rings is 2. The number of piperidine rings is 1. The molecule has 0 spiro atoms. The number of carbonyl (C=O) groups is 2. The number of fused-ring (bicyclic) bond motifs is 2. The highest BCUT2D eigenvalue weighted by Gasteiger charge is 2.23. The van der Waals surface area contributed by atoms with E-state index in [1.54, 1.807) is 42.7 Å². The number of aromatic nitrogens is 4. The minimum atomic E-state index is -0.243. The molecule has 0 bridgehead atoms. The predicted molar refractivity (Wildman–Crippen MR) is 142 cm³/mol. The molecule has 1 aliphatic rings. The number of rotatable bonds is 5. The van der Waals surface area contributed by atoms with Crippen LogP contribution in [0.15, 0.2) is 73.2 Å². The summed E-state index contributed by atoms with van der Waals surface area (Å²) in [7, 11) is 1.86. The zero-order valence-corrected chi connectivity index (χ0v) is 20.4. The van der Waals surface area contributed by atoms with Crippen LogP contribution < -0.4 is 5.32 Å². The van der Waals surface area contributed by atoms with Gasteiger partial charge in [-0.2, -0.15) is 0 Å². The topological polar surface area (TPSA) is 104 Å². The third-order valence-corrected chi connectivity index (χ3v) is 7.09. The van der Waals surface area contributed by atoms with E-state index in [2.05, 4.69) is 25.3 Å². The maximum absolute atomic E-state index is 13.4. The molecule has 0 radical (unpaired) electrons. The van der Waals surface area contributed by atoms with Crippen LogP contribution in [0.3, 0.4) is 0 Å². The van der Waals surface area contributed by atoms with E-state index in [1.165, 1.54) is 0 Å². The number of hydrogen-bond donors (Lipinski definition) is 2. The highest BCUT2D eigenvalue weighted by Crippen LogP contribution is 2.27. The van der Waals surface area contributed by atoms with Gasteiger partial charge in [-0.25, -0.2) is 4.98 Å². The van der Waals surface area contributed by atoms with Crippen LogP contribution in [0.5, 0.6) is 0 Å². The van der Waals surface area contributed by atoms with Gasteiger partial charge in [0.05, 0.1) is 16.7 Å². The van der Waals surface area contributed by atoms with Crippen LogP contribution in [0.1, 0.15) is 39.4 Å². The maximum atomic E-state index is 13.4. The second kappa shape index (κ2) is 9.55. The third-order valence-electron chi connectivity index (χ3n) is 7.09. The van der Waals surface area contributed by atoms with Gasteiger partial charge in [0, 0.05) is 53.8 Å². The molecule has 1 amide bonds. The molecule has 1 saturated heterocycles. The highest BCUT2D eigenvalue weighted by atomic mass is 16.2. The average molecular weight is 491 g/mol. The molecule has 184 valence electrons. The number of hydrogen-bond acceptors (Lipinski definition) is 6. The van der Waals surface area contributed by atoms with Crippen LogP contribution in [-0.4, -0.2) is 62.7 Å². The van der Waals surface area contributed by atoms with E-state index < -0.39 is 0 Å². The van der Waals surface area contributed by atoms with Crippen LogP contribution in [-0.2, 0) is 0 Å². The average Bonchev–Trinajstić information content (AvgIpc) is 3.40. The summed E-state index contributed by atoms with van der Waals surface area (Å²) in [4.78, 5) is 44.8. The van der Waals surface area contributed by atoms with Gasteiger partial charge in [-0.1, -0.05) is 24.3 Å². The number of imidazole rings is 1.